The molecule has 0 saturated carbocycles. The van der Waals surface area contributed by atoms with E-state index in [4.69, 9.17) is 26.6 Å². The van der Waals surface area contributed by atoms with Crippen LogP contribution in [0.25, 0.3) is 0 Å². The molecular weight excluding hydrogens is 256 g/mol. The first-order valence-corrected chi connectivity index (χ1v) is 6.17. The van der Waals surface area contributed by atoms with Crippen molar-refractivity contribution in [2.24, 2.45) is 5.92 Å². The highest BCUT2D eigenvalue weighted by Gasteiger charge is 2.17. The zero-order valence-electron chi connectivity index (χ0n) is 10.0. The Kier molecular flexibility index (Phi) is 6.72. The average molecular weight is 273 g/mol. The van der Waals surface area contributed by atoms with Crippen LogP contribution in [-0.4, -0.2) is 36.0 Å². The molecule has 1 unspecified atom stereocenters. The van der Waals surface area contributed by atoms with Crippen molar-refractivity contribution in [1.29, 1.82) is 0 Å². The molecule has 0 heterocycles. The van der Waals surface area contributed by atoms with Crippen LogP contribution in [0.4, 0.5) is 0 Å². The van der Waals surface area contributed by atoms with Crippen LogP contribution in [-0.2, 0) is 16.0 Å². The summed E-state index contributed by atoms with van der Waals surface area (Å²) < 4.78 is 5.09. The fraction of sp³-hybridized carbons (Fsp3) is 0.462. The van der Waals surface area contributed by atoms with E-state index in [1.165, 1.54) is 0 Å². The summed E-state index contributed by atoms with van der Waals surface area (Å²) in [6.45, 7) is 0.535. The number of carbonyl (C=O) groups is 1. The smallest absolute Gasteiger partial charge is 0.306 e. The highest BCUT2D eigenvalue weighted by Crippen LogP contribution is 2.16. The first-order valence-electron chi connectivity index (χ1n) is 5.79. The zero-order valence-corrected chi connectivity index (χ0v) is 10.8. The van der Waals surface area contributed by atoms with Gasteiger partial charge < -0.3 is 14.9 Å². The Morgan fingerprint density at radius 1 is 1.28 bits per heavy atom. The quantitative estimate of drug-likeness (QED) is 0.710. The molecule has 0 bridgehead atoms. The number of ether oxygens (including phenoxy) is 1. The molecule has 18 heavy (non-hydrogen) atoms. The maximum atomic E-state index is 11.1. The summed E-state index contributed by atoms with van der Waals surface area (Å²) in [5.74, 6) is -1.32. The lowest BCUT2D eigenvalue weighted by Crippen LogP contribution is -2.19. The normalized spacial score (nSPS) is 12.3. The fourth-order valence-corrected chi connectivity index (χ4v) is 1.74. The number of carboxylic acid groups (broad SMARTS) is 1. The molecule has 0 amide bonds. The van der Waals surface area contributed by atoms with E-state index in [1.807, 2.05) is 12.1 Å². The largest absolute Gasteiger partial charge is 0.481 e. The van der Waals surface area contributed by atoms with E-state index in [1.54, 1.807) is 12.1 Å². The van der Waals surface area contributed by atoms with Crippen molar-refractivity contribution in [3.63, 3.8) is 0 Å². The number of aliphatic carboxylic acids is 1. The van der Waals surface area contributed by atoms with Crippen molar-refractivity contribution in [3.05, 3.63) is 34.9 Å². The molecule has 1 aromatic rings. The first-order chi connectivity index (χ1) is 8.63. The molecule has 0 saturated heterocycles. The summed E-state index contributed by atoms with van der Waals surface area (Å²) >= 11 is 5.77. The lowest BCUT2D eigenvalue weighted by atomic mass is 9.97. The SMILES string of the molecule is O=C(O)C(CCOCCO)Cc1ccc(Cl)cc1. The molecule has 2 N–H and O–H groups in total. The number of aliphatic hydroxyl groups excluding tert-OH is 1. The monoisotopic (exact) mass is 272 g/mol. The molecule has 1 aromatic carbocycles. The van der Waals surface area contributed by atoms with Crippen LogP contribution in [0.1, 0.15) is 12.0 Å². The van der Waals surface area contributed by atoms with E-state index < -0.39 is 11.9 Å². The van der Waals surface area contributed by atoms with Crippen LogP contribution in [0.5, 0.6) is 0 Å². The second-order valence-corrected chi connectivity index (χ2v) is 4.43. The van der Waals surface area contributed by atoms with E-state index >= 15 is 0 Å². The van der Waals surface area contributed by atoms with Crippen LogP contribution in [0, 0.1) is 5.92 Å². The van der Waals surface area contributed by atoms with Crippen LogP contribution in [0.3, 0.4) is 0 Å². The number of benzene rings is 1. The van der Waals surface area contributed by atoms with Crippen molar-refractivity contribution in [2.45, 2.75) is 12.8 Å². The minimum absolute atomic E-state index is 0.0467. The van der Waals surface area contributed by atoms with Gasteiger partial charge in [-0.15, -0.1) is 0 Å². The van der Waals surface area contributed by atoms with Gasteiger partial charge in [0.25, 0.3) is 0 Å². The fourth-order valence-electron chi connectivity index (χ4n) is 1.61. The number of hydrogen-bond donors (Lipinski definition) is 2. The molecule has 0 aliphatic carbocycles. The maximum Gasteiger partial charge on any atom is 0.306 e. The third-order valence-corrected chi connectivity index (χ3v) is 2.84. The molecular formula is C13H17ClO4. The molecule has 0 fully saturated rings. The summed E-state index contributed by atoms with van der Waals surface area (Å²) in [6.07, 6.45) is 0.882. The van der Waals surface area contributed by atoms with Gasteiger partial charge in [-0.25, -0.2) is 0 Å². The van der Waals surface area contributed by atoms with Crippen LogP contribution in [0.2, 0.25) is 5.02 Å². The molecule has 0 radical (unpaired) electrons. The van der Waals surface area contributed by atoms with E-state index in [2.05, 4.69) is 0 Å². The van der Waals surface area contributed by atoms with E-state index in [0.29, 0.717) is 24.5 Å². The predicted molar refractivity (Wildman–Crippen MR) is 68.8 cm³/mol. The van der Waals surface area contributed by atoms with Gasteiger partial charge in [-0.05, 0) is 30.5 Å². The van der Waals surface area contributed by atoms with Crippen molar-refractivity contribution in [3.8, 4) is 0 Å². The number of aliphatic hydroxyl groups is 1. The number of carboxylic acids is 1. The maximum absolute atomic E-state index is 11.1. The number of rotatable bonds is 8. The Bertz CT molecular complexity index is 364. The van der Waals surface area contributed by atoms with Crippen LogP contribution >= 0.6 is 11.6 Å². The van der Waals surface area contributed by atoms with E-state index in [-0.39, 0.29) is 13.2 Å². The van der Waals surface area contributed by atoms with Crippen molar-refractivity contribution >= 4 is 17.6 Å². The lowest BCUT2D eigenvalue weighted by molar-refractivity contribution is -0.142. The molecule has 100 valence electrons. The van der Waals surface area contributed by atoms with Gasteiger partial charge in [0.2, 0.25) is 0 Å². The summed E-state index contributed by atoms with van der Waals surface area (Å²) in [5.41, 5.74) is 0.939. The minimum atomic E-state index is -0.836. The first kappa shape index (κ1) is 15.0. The average Bonchev–Trinajstić information content (AvgIpc) is 2.35. The molecule has 4 nitrogen and oxygen atoms in total. The topological polar surface area (TPSA) is 66.8 Å². The second kappa shape index (κ2) is 8.08. The summed E-state index contributed by atoms with van der Waals surface area (Å²) in [5, 5.41) is 18.3. The third kappa shape index (κ3) is 5.49. The van der Waals surface area contributed by atoms with Crippen molar-refractivity contribution in [1.82, 2.24) is 0 Å². The van der Waals surface area contributed by atoms with Crippen molar-refractivity contribution in [2.75, 3.05) is 19.8 Å². The molecule has 1 rings (SSSR count). The number of halogens is 1. The lowest BCUT2D eigenvalue weighted by Gasteiger charge is -2.12. The Labute approximate surface area is 111 Å². The van der Waals surface area contributed by atoms with Crippen LogP contribution in [0.15, 0.2) is 24.3 Å². The molecule has 1 atom stereocenters. The number of hydrogen-bond acceptors (Lipinski definition) is 3. The van der Waals surface area contributed by atoms with Gasteiger partial charge in [-0.1, -0.05) is 23.7 Å². The Morgan fingerprint density at radius 3 is 2.50 bits per heavy atom. The highest BCUT2D eigenvalue weighted by molar-refractivity contribution is 6.30. The Hall–Kier alpha value is -1.10. The highest BCUT2D eigenvalue weighted by atomic mass is 35.5. The van der Waals surface area contributed by atoms with Gasteiger partial charge in [-0.3, -0.25) is 4.79 Å². The minimum Gasteiger partial charge on any atom is -0.481 e. The van der Waals surface area contributed by atoms with Gasteiger partial charge in [-0.2, -0.15) is 0 Å². The third-order valence-electron chi connectivity index (χ3n) is 2.59. The standard InChI is InChI=1S/C13H17ClO4/c14-12-3-1-10(2-4-12)9-11(13(16)17)5-7-18-8-6-15/h1-4,11,15H,5-9H2,(H,16,17). The predicted octanol–water partition coefficient (Wildman–Crippen LogP) is 1.98. The van der Waals surface area contributed by atoms with Gasteiger partial charge in [0.15, 0.2) is 0 Å². The summed E-state index contributed by atoms with van der Waals surface area (Å²) in [6, 6.07) is 7.15. The van der Waals surface area contributed by atoms with E-state index in [9.17, 15) is 4.79 Å². The van der Waals surface area contributed by atoms with Crippen LogP contribution < -0.4 is 0 Å². The van der Waals surface area contributed by atoms with Gasteiger partial charge in [0.05, 0.1) is 19.1 Å². The van der Waals surface area contributed by atoms with E-state index in [0.717, 1.165) is 5.56 Å². The molecule has 0 aliphatic rings. The summed E-state index contributed by atoms with van der Waals surface area (Å²) in [7, 11) is 0. The zero-order chi connectivity index (χ0) is 13.4. The second-order valence-electron chi connectivity index (χ2n) is 3.99. The van der Waals surface area contributed by atoms with Gasteiger partial charge in [0, 0.05) is 11.6 Å². The van der Waals surface area contributed by atoms with Gasteiger partial charge in [0.1, 0.15) is 0 Å². The van der Waals surface area contributed by atoms with Crippen molar-refractivity contribution < 1.29 is 19.7 Å². The molecule has 0 aromatic heterocycles. The molecule has 5 heteroatoms. The summed E-state index contributed by atoms with van der Waals surface area (Å²) in [4.78, 5) is 11.1. The molecule has 0 spiro atoms. The van der Waals surface area contributed by atoms with Gasteiger partial charge >= 0.3 is 5.97 Å². The Balaban J connectivity index is 2.47. The Morgan fingerprint density at radius 2 is 1.94 bits per heavy atom. The molecule has 0 aliphatic heterocycles.